The van der Waals surface area contributed by atoms with Gasteiger partial charge < -0.3 is 10.2 Å². The SMILES string of the molecule is CCC(C(=O)NC(C)C)N(Cc1ccc(F)cc1)C(=O)CN(c1ccc(C)cc1)S(=O)(=O)c1ccc(SC)cc1. The predicted octanol–water partition coefficient (Wildman–Crippen LogP) is 5.38. The van der Waals surface area contributed by atoms with Crippen LogP contribution in [-0.2, 0) is 26.2 Å². The van der Waals surface area contributed by atoms with Crippen molar-refractivity contribution >= 4 is 39.3 Å². The van der Waals surface area contributed by atoms with Gasteiger partial charge >= 0.3 is 0 Å². The zero-order valence-corrected chi connectivity index (χ0v) is 25.1. The summed E-state index contributed by atoms with van der Waals surface area (Å²) in [5, 5.41) is 2.86. The Morgan fingerprint density at radius 1 is 0.950 bits per heavy atom. The van der Waals surface area contributed by atoms with Crippen LogP contribution in [0.4, 0.5) is 10.1 Å². The smallest absolute Gasteiger partial charge is 0.264 e. The number of carbonyl (C=O) groups is 2. The van der Waals surface area contributed by atoms with Gasteiger partial charge in [0.2, 0.25) is 11.8 Å². The summed E-state index contributed by atoms with van der Waals surface area (Å²) in [5.41, 5.74) is 1.88. The zero-order valence-electron chi connectivity index (χ0n) is 23.4. The Morgan fingerprint density at radius 2 is 1.55 bits per heavy atom. The maximum absolute atomic E-state index is 14.0. The summed E-state index contributed by atoms with van der Waals surface area (Å²) < 4.78 is 42.5. The van der Waals surface area contributed by atoms with Crippen molar-refractivity contribution in [1.82, 2.24) is 10.2 Å². The minimum Gasteiger partial charge on any atom is -0.352 e. The number of hydrogen-bond donors (Lipinski definition) is 1. The molecule has 0 aromatic heterocycles. The van der Waals surface area contributed by atoms with Crippen molar-refractivity contribution in [2.24, 2.45) is 0 Å². The molecule has 0 radical (unpaired) electrons. The van der Waals surface area contributed by atoms with E-state index in [1.54, 1.807) is 55.5 Å². The van der Waals surface area contributed by atoms with Crippen LogP contribution < -0.4 is 9.62 Å². The molecule has 0 aliphatic heterocycles. The summed E-state index contributed by atoms with van der Waals surface area (Å²) in [6, 6.07) is 18.0. The summed E-state index contributed by atoms with van der Waals surface area (Å²) in [5.74, 6) is -1.32. The maximum atomic E-state index is 14.0. The highest BCUT2D eigenvalue weighted by molar-refractivity contribution is 7.98. The Balaban J connectivity index is 2.05. The molecule has 40 heavy (non-hydrogen) atoms. The van der Waals surface area contributed by atoms with Gasteiger partial charge in [-0.2, -0.15) is 0 Å². The first-order chi connectivity index (χ1) is 19.0. The number of rotatable bonds is 12. The molecule has 3 rings (SSSR count). The molecule has 3 aromatic carbocycles. The monoisotopic (exact) mass is 585 g/mol. The molecule has 0 bridgehead atoms. The Hall–Kier alpha value is -3.37. The first kappa shape index (κ1) is 31.2. The standard InChI is InChI=1S/C30H36FN3O4S2/c1-6-28(30(36)32-21(2)3)33(19-23-9-11-24(31)12-10-23)29(35)20-34(25-13-7-22(4)8-14-25)40(37,38)27-17-15-26(39-5)16-18-27/h7-18,21,28H,6,19-20H2,1-5H3,(H,32,36). The topological polar surface area (TPSA) is 86.8 Å². The lowest BCUT2D eigenvalue weighted by molar-refractivity contribution is -0.140. The second kappa shape index (κ2) is 13.8. The molecule has 3 aromatic rings. The Morgan fingerprint density at radius 3 is 2.08 bits per heavy atom. The molecule has 0 spiro atoms. The van der Waals surface area contributed by atoms with E-state index in [1.165, 1.54) is 40.9 Å². The molecule has 0 fully saturated rings. The summed E-state index contributed by atoms with van der Waals surface area (Å²) >= 11 is 1.49. The van der Waals surface area contributed by atoms with Crippen molar-refractivity contribution in [3.8, 4) is 0 Å². The molecular weight excluding hydrogens is 549 g/mol. The van der Waals surface area contributed by atoms with Gasteiger partial charge in [0, 0.05) is 17.5 Å². The molecule has 2 amide bonds. The van der Waals surface area contributed by atoms with Gasteiger partial charge in [0.25, 0.3) is 10.0 Å². The van der Waals surface area contributed by atoms with Crippen LogP contribution >= 0.6 is 11.8 Å². The number of aryl methyl sites for hydroxylation is 1. The number of halogens is 1. The summed E-state index contributed by atoms with van der Waals surface area (Å²) in [7, 11) is -4.14. The largest absolute Gasteiger partial charge is 0.352 e. The highest BCUT2D eigenvalue weighted by Crippen LogP contribution is 2.27. The van der Waals surface area contributed by atoms with E-state index in [2.05, 4.69) is 5.32 Å². The molecular formula is C30H36FN3O4S2. The third-order valence-corrected chi connectivity index (χ3v) is 8.86. The molecule has 214 valence electrons. The first-order valence-corrected chi connectivity index (χ1v) is 15.7. The molecule has 0 aliphatic rings. The summed E-state index contributed by atoms with van der Waals surface area (Å²) in [6.45, 7) is 6.81. The van der Waals surface area contributed by atoms with Crippen LogP contribution in [-0.4, -0.2) is 50.0 Å². The van der Waals surface area contributed by atoms with E-state index in [0.717, 1.165) is 14.8 Å². The molecule has 0 saturated heterocycles. The van der Waals surface area contributed by atoms with Gasteiger partial charge in [0.05, 0.1) is 10.6 Å². The van der Waals surface area contributed by atoms with Crippen LogP contribution in [0.3, 0.4) is 0 Å². The molecule has 0 heterocycles. The second-order valence-electron chi connectivity index (χ2n) is 9.76. The highest BCUT2D eigenvalue weighted by Gasteiger charge is 2.33. The number of anilines is 1. The van der Waals surface area contributed by atoms with Gasteiger partial charge in [-0.15, -0.1) is 11.8 Å². The second-order valence-corrected chi connectivity index (χ2v) is 12.5. The van der Waals surface area contributed by atoms with E-state index >= 15 is 0 Å². The molecule has 1 atom stereocenters. The van der Waals surface area contributed by atoms with Crippen molar-refractivity contribution < 1.29 is 22.4 Å². The predicted molar refractivity (Wildman–Crippen MR) is 158 cm³/mol. The lowest BCUT2D eigenvalue weighted by Gasteiger charge is -2.33. The van der Waals surface area contributed by atoms with Crippen LogP contribution in [0, 0.1) is 12.7 Å². The highest BCUT2D eigenvalue weighted by atomic mass is 32.2. The number of nitrogens with zero attached hydrogens (tertiary/aromatic N) is 2. The lowest BCUT2D eigenvalue weighted by atomic mass is 10.1. The molecule has 7 nitrogen and oxygen atoms in total. The zero-order chi connectivity index (χ0) is 29.4. The molecule has 0 saturated carbocycles. The minimum absolute atomic E-state index is 0.00728. The van der Waals surface area contributed by atoms with Crippen molar-refractivity contribution in [3.05, 3.63) is 89.7 Å². The molecule has 10 heteroatoms. The van der Waals surface area contributed by atoms with Crippen LogP contribution in [0.15, 0.2) is 82.6 Å². The Kier molecular flexibility index (Phi) is 10.8. The van der Waals surface area contributed by atoms with Gasteiger partial charge in [-0.3, -0.25) is 13.9 Å². The van der Waals surface area contributed by atoms with E-state index in [0.29, 0.717) is 17.7 Å². The van der Waals surface area contributed by atoms with E-state index in [4.69, 9.17) is 0 Å². The summed E-state index contributed by atoms with van der Waals surface area (Å²) in [6.07, 6.45) is 2.20. The van der Waals surface area contributed by atoms with Crippen molar-refractivity contribution in [2.45, 2.75) is 62.5 Å². The third kappa shape index (κ3) is 7.85. The maximum Gasteiger partial charge on any atom is 0.264 e. The van der Waals surface area contributed by atoms with Crippen LogP contribution in [0.5, 0.6) is 0 Å². The average Bonchev–Trinajstić information content (AvgIpc) is 2.92. The number of nitrogens with one attached hydrogen (secondary N) is 1. The fourth-order valence-electron chi connectivity index (χ4n) is 4.20. The van der Waals surface area contributed by atoms with Gasteiger partial charge in [0.1, 0.15) is 18.4 Å². The third-order valence-electron chi connectivity index (χ3n) is 6.33. The van der Waals surface area contributed by atoms with E-state index < -0.39 is 34.3 Å². The van der Waals surface area contributed by atoms with E-state index in [1.807, 2.05) is 27.0 Å². The number of amides is 2. The number of carbonyl (C=O) groups excluding carboxylic acids is 2. The van der Waals surface area contributed by atoms with E-state index in [9.17, 15) is 22.4 Å². The van der Waals surface area contributed by atoms with Crippen LogP contribution in [0.1, 0.15) is 38.3 Å². The molecule has 1 unspecified atom stereocenters. The first-order valence-electron chi connectivity index (χ1n) is 13.0. The van der Waals surface area contributed by atoms with Crippen molar-refractivity contribution in [2.75, 3.05) is 17.1 Å². The molecule has 0 aliphatic carbocycles. The van der Waals surface area contributed by atoms with Gasteiger partial charge in [-0.05, 0) is 87.5 Å². The van der Waals surface area contributed by atoms with Crippen LogP contribution in [0.2, 0.25) is 0 Å². The van der Waals surface area contributed by atoms with Gasteiger partial charge in [-0.25, -0.2) is 12.8 Å². The lowest BCUT2D eigenvalue weighted by Crippen LogP contribution is -2.53. The van der Waals surface area contributed by atoms with Crippen LogP contribution in [0.25, 0.3) is 0 Å². The van der Waals surface area contributed by atoms with Gasteiger partial charge in [-0.1, -0.05) is 36.8 Å². The van der Waals surface area contributed by atoms with Crippen molar-refractivity contribution in [3.63, 3.8) is 0 Å². The number of sulfonamides is 1. The fourth-order valence-corrected chi connectivity index (χ4v) is 6.02. The Bertz CT molecular complexity index is 1390. The van der Waals surface area contributed by atoms with E-state index in [-0.39, 0.29) is 23.4 Å². The average molecular weight is 586 g/mol. The number of thioether (sulfide) groups is 1. The Labute approximate surface area is 240 Å². The number of hydrogen-bond acceptors (Lipinski definition) is 5. The number of benzene rings is 3. The van der Waals surface area contributed by atoms with Gasteiger partial charge in [0.15, 0.2) is 0 Å². The summed E-state index contributed by atoms with van der Waals surface area (Å²) in [4.78, 5) is 29.5. The van der Waals surface area contributed by atoms with Crippen molar-refractivity contribution in [1.29, 1.82) is 0 Å². The minimum atomic E-state index is -4.14. The quantitative estimate of drug-likeness (QED) is 0.288. The molecule has 1 N–H and O–H groups in total. The fraction of sp³-hybridized carbons (Fsp3) is 0.333. The normalized spacial score (nSPS) is 12.2.